The van der Waals surface area contributed by atoms with E-state index in [1.54, 1.807) is 6.07 Å². The zero-order valence-electron chi connectivity index (χ0n) is 10.6. The van der Waals surface area contributed by atoms with Gasteiger partial charge in [-0.1, -0.05) is 31.9 Å². The van der Waals surface area contributed by atoms with Crippen molar-refractivity contribution in [2.24, 2.45) is 0 Å². The average molecular weight is 422 g/mol. The maximum absolute atomic E-state index is 13.9. The number of fused-ring (bicyclic) bond motifs is 1. The molecule has 0 aromatic heterocycles. The monoisotopic (exact) mass is 420 g/mol. The first-order valence-corrected chi connectivity index (χ1v) is 7.92. The van der Waals surface area contributed by atoms with Crippen molar-refractivity contribution in [2.45, 2.75) is 11.2 Å². The standard InChI is InChI=1S/C15H9Br2F3O/c16-8-3-7-1-2-21-15(7)10(4-8)14(17)13-11(19)5-9(18)6-12(13)20/h3-6,14H,1-2H2. The van der Waals surface area contributed by atoms with Crippen LogP contribution in [-0.2, 0) is 6.42 Å². The molecule has 1 heterocycles. The summed E-state index contributed by atoms with van der Waals surface area (Å²) in [7, 11) is 0. The van der Waals surface area contributed by atoms with E-state index in [9.17, 15) is 13.2 Å². The van der Waals surface area contributed by atoms with Crippen LogP contribution in [-0.4, -0.2) is 6.61 Å². The number of hydrogen-bond acceptors (Lipinski definition) is 1. The molecule has 1 unspecified atom stereocenters. The minimum atomic E-state index is -0.941. The molecule has 2 aromatic rings. The summed E-state index contributed by atoms with van der Waals surface area (Å²) in [4.78, 5) is -0.762. The van der Waals surface area contributed by atoms with Crippen LogP contribution in [0, 0.1) is 17.5 Å². The fourth-order valence-electron chi connectivity index (χ4n) is 2.44. The van der Waals surface area contributed by atoms with Gasteiger partial charge >= 0.3 is 0 Å². The number of alkyl halides is 1. The highest BCUT2D eigenvalue weighted by atomic mass is 79.9. The Morgan fingerprint density at radius 1 is 1.05 bits per heavy atom. The number of hydrogen-bond donors (Lipinski definition) is 0. The molecule has 3 rings (SSSR count). The molecule has 0 radical (unpaired) electrons. The number of rotatable bonds is 2. The zero-order chi connectivity index (χ0) is 15.1. The van der Waals surface area contributed by atoms with Gasteiger partial charge in [0.15, 0.2) is 0 Å². The van der Waals surface area contributed by atoms with Gasteiger partial charge in [-0.15, -0.1) is 0 Å². The van der Waals surface area contributed by atoms with Crippen molar-refractivity contribution >= 4 is 31.9 Å². The van der Waals surface area contributed by atoms with Crippen molar-refractivity contribution in [1.29, 1.82) is 0 Å². The predicted octanol–water partition coefficient (Wildman–Crippen LogP) is 5.29. The largest absolute Gasteiger partial charge is 0.493 e. The molecular formula is C15H9Br2F3O. The molecule has 1 atom stereocenters. The van der Waals surface area contributed by atoms with Crippen LogP contribution in [0.25, 0.3) is 0 Å². The van der Waals surface area contributed by atoms with E-state index in [0.29, 0.717) is 30.1 Å². The van der Waals surface area contributed by atoms with E-state index in [1.807, 2.05) is 6.07 Å². The zero-order valence-corrected chi connectivity index (χ0v) is 13.8. The lowest BCUT2D eigenvalue weighted by molar-refractivity contribution is 0.353. The van der Waals surface area contributed by atoms with Crippen molar-refractivity contribution in [3.05, 3.63) is 62.9 Å². The van der Waals surface area contributed by atoms with Gasteiger partial charge < -0.3 is 4.74 Å². The van der Waals surface area contributed by atoms with Crippen LogP contribution in [0.1, 0.15) is 21.5 Å². The SMILES string of the molecule is Fc1cc(F)c(C(Br)c2cc(Br)cc3c2OCC3)c(F)c1. The lowest BCUT2D eigenvalue weighted by Gasteiger charge is -2.16. The Kier molecular flexibility index (Phi) is 4.01. The Morgan fingerprint density at radius 2 is 1.71 bits per heavy atom. The predicted molar refractivity (Wildman–Crippen MR) is 80.4 cm³/mol. The van der Waals surface area contributed by atoms with Crippen LogP contribution in [0.4, 0.5) is 13.2 Å². The number of benzene rings is 2. The molecule has 0 saturated heterocycles. The summed E-state index contributed by atoms with van der Waals surface area (Å²) in [5.74, 6) is -2.17. The quantitative estimate of drug-likeness (QED) is 0.599. The van der Waals surface area contributed by atoms with Gasteiger partial charge in [0.1, 0.15) is 23.2 Å². The second-order valence-electron chi connectivity index (χ2n) is 4.73. The first kappa shape index (κ1) is 14.9. The molecular weight excluding hydrogens is 413 g/mol. The van der Waals surface area contributed by atoms with E-state index in [1.165, 1.54) is 0 Å². The van der Waals surface area contributed by atoms with Gasteiger partial charge in [-0.3, -0.25) is 0 Å². The molecule has 1 nitrogen and oxygen atoms in total. The van der Waals surface area contributed by atoms with E-state index in [0.717, 1.165) is 16.5 Å². The van der Waals surface area contributed by atoms with Crippen molar-refractivity contribution in [3.8, 4) is 5.75 Å². The van der Waals surface area contributed by atoms with Crippen LogP contribution in [0.3, 0.4) is 0 Å². The van der Waals surface area contributed by atoms with Gasteiger partial charge in [-0.2, -0.15) is 0 Å². The van der Waals surface area contributed by atoms with Crippen LogP contribution in [0.5, 0.6) is 5.75 Å². The third-order valence-electron chi connectivity index (χ3n) is 3.35. The van der Waals surface area contributed by atoms with Crippen molar-refractivity contribution < 1.29 is 17.9 Å². The topological polar surface area (TPSA) is 9.23 Å². The summed E-state index contributed by atoms with van der Waals surface area (Å²) in [6, 6.07) is 5.01. The van der Waals surface area contributed by atoms with Crippen LogP contribution < -0.4 is 4.74 Å². The molecule has 0 bridgehead atoms. The molecule has 2 aromatic carbocycles. The first-order valence-electron chi connectivity index (χ1n) is 6.21. The molecule has 1 aliphatic heterocycles. The molecule has 0 spiro atoms. The summed E-state index contributed by atoms with van der Waals surface area (Å²) in [6.45, 7) is 0.535. The highest BCUT2D eigenvalue weighted by Gasteiger charge is 2.27. The summed E-state index contributed by atoms with van der Waals surface area (Å²) in [6.07, 6.45) is 0.746. The van der Waals surface area contributed by atoms with Gasteiger partial charge in [0.25, 0.3) is 0 Å². The average Bonchev–Trinajstić information content (AvgIpc) is 2.84. The third-order valence-corrected chi connectivity index (χ3v) is 4.76. The molecule has 0 fully saturated rings. The second-order valence-corrected chi connectivity index (χ2v) is 6.56. The van der Waals surface area contributed by atoms with Gasteiger partial charge in [0.2, 0.25) is 0 Å². The Balaban J connectivity index is 2.14. The highest BCUT2D eigenvalue weighted by molar-refractivity contribution is 9.10. The lowest BCUT2D eigenvalue weighted by atomic mass is 10.00. The molecule has 21 heavy (non-hydrogen) atoms. The molecule has 0 aliphatic carbocycles. The summed E-state index contributed by atoms with van der Waals surface area (Å²) >= 11 is 6.69. The third kappa shape index (κ3) is 2.71. The maximum Gasteiger partial charge on any atom is 0.133 e. The lowest BCUT2D eigenvalue weighted by Crippen LogP contribution is -2.03. The summed E-state index contributed by atoms with van der Waals surface area (Å²) < 4.78 is 47.3. The number of halogens is 5. The number of ether oxygens (including phenoxy) is 1. The van der Waals surface area contributed by atoms with E-state index >= 15 is 0 Å². The minimum Gasteiger partial charge on any atom is -0.493 e. The van der Waals surface area contributed by atoms with Gasteiger partial charge in [-0.25, -0.2) is 13.2 Å². The molecule has 0 amide bonds. The first-order chi connectivity index (χ1) is 9.97. The smallest absolute Gasteiger partial charge is 0.133 e. The van der Waals surface area contributed by atoms with Gasteiger partial charge in [0.05, 0.1) is 11.4 Å². The van der Waals surface area contributed by atoms with Crippen LogP contribution in [0.15, 0.2) is 28.7 Å². The molecule has 1 aliphatic rings. The fourth-order valence-corrected chi connectivity index (χ4v) is 3.74. The molecule has 0 N–H and O–H groups in total. The normalized spacial score (nSPS) is 14.7. The van der Waals surface area contributed by atoms with E-state index in [-0.39, 0.29) is 5.56 Å². The summed E-state index contributed by atoms with van der Waals surface area (Å²) in [5, 5.41) is 0. The molecule has 0 saturated carbocycles. The molecule has 6 heteroatoms. The maximum atomic E-state index is 13.9. The van der Waals surface area contributed by atoms with Crippen molar-refractivity contribution in [1.82, 2.24) is 0 Å². The Hall–Kier alpha value is -1.01. The second kappa shape index (κ2) is 5.65. The van der Waals surface area contributed by atoms with Crippen LogP contribution >= 0.6 is 31.9 Å². The van der Waals surface area contributed by atoms with Crippen molar-refractivity contribution in [3.63, 3.8) is 0 Å². The van der Waals surface area contributed by atoms with E-state index < -0.39 is 22.3 Å². The van der Waals surface area contributed by atoms with Gasteiger partial charge in [0, 0.05) is 34.2 Å². The minimum absolute atomic E-state index is 0.229. The van der Waals surface area contributed by atoms with Gasteiger partial charge in [-0.05, 0) is 17.7 Å². The van der Waals surface area contributed by atoms with E-state index in [4.69, 9.17) is 4.74 Å². The summed E-state index contributed by atoms with van der Waals surface area (Å²) in [5.41, 5.74) is 1.36. The molecule has 110 valence electrons. The Morgan fingerprint density at radius 3 is 2.38 bits per heavy atom. The van der Waals surface area contributed by atoms with Crippen molar-refractivity contribution in [2.75, 3.05) is 6.61 Å². The fraction of sp³-hybridized carbons (Fsp3) is 0.200. The highest BCUT2D eigenvalue weighted by Crippen LogP contribution is 2.43. The van der Waals surface area contributed by atoms with Crippen LogP contribution in [0.2, 0.25) is 0 Å². The Labute approximate surface area is 136 Å². The van der Waals surface area contributed by atoms with E-state index in [2.05, 4.69) is 31.9 Å². The Bertz CT molecular complexity index is 695.